The zero-order chi connectivity index (χ0) is 13.2. The minimum atomic E-state index is -3.62. The summed E-state index contributed by atoms with van der Waals surface area (Å²) >= 11 is 2.06. The Morgan fingerprint density at radius 2 is 1.61 bits per heavy atom. The van der Waals surface area contributed by atoms with Gasteiger partial charge in [-0.25, -0.2) is 8.42 Å². The highest BCUT2D eigenvalue weighted by Crippen LogP contribution is 2.22. The van der Waals surface area contributed by atoms with Crippen molar-refractivity contribution in [3.63, 3.8) is 0 Å². The number of aromatic hydroxyl groups is 1. The first-order valence-electron chi connectivity index (χ1n) is 5.05. The van der Waals surface area contributed by atoms with Gasteiger partial charge in [0.1, 0.15) is 5.75 Å². The molecule has 0 aliphatic heterocycles. The van der Waals surface area contributed by atoms with Crippen LogP contribution in [0.3, 0.4) is 0 Å². The molecule has 2 N–H and O–H groups in total. The number of sulfonamides is 1. The van der Waals surface area contributed by atoms with Gasteiger partial charge in [0.15, 0.2) is 0 Å². The molecular formula is C12H10INO3S. The number of phenolic OH excluding ortho intramolecular Hbond substituents is 1. The summed E-state index contributed by atoms with van der Waals surface area (Å²) in [4.78, 5) is 0.111. The highest BCUT2D eigenvalue weighted by molar-refractivity contribution is 14.1. The monoisotopic (exact) mass is 375 g/mol. The summed E-state index contributed by atoms with van der Waals surface area (Å²) in [6.07, 6.45) is 0. The van der Waals surface area contributed by atoms with Gasteiger partial charge in [-0.2, -0.15) is 0 Å². The summed E-state index contributed by atoms with van der Waals surface area (Å²) < 4.78 is 27.5. The second-order valence-corrected chi connectivity index (χ2v) is 6.42. The van der Waals surface area contributed by atoms with Crippen LogP contribution in [-0.2, 0) is 10.0 Å². The van der Waals surface area contributed by atoms with Crippen molar-refractivity contribution >= 4 is 38.3 Å². The molecule has 0 aliphatic carbocycles. The van der Waals surface area contributed by atoms with Crippen LogP contribution in [0.4, 0.5) is 5.69 Å². The number of hydrogen-bond donors (Lipinski definition) is 2. The van der Waals surface area contributed by atoms with E-state index in [0.717, 1.165) is 3.57 Å². The smallest absolute Gasteiger partial charge is 0.261 e. The predicted molar refractivity (Wildman–Crippen MR) is 78.1 cm³/mol. The van der Waals surface area contributed by atoms with Crippen LogP contribution in [0.5, 0.6) is 5.75 Å². The number of nitrogens with one attached hydrogen (secondary N) is 1. The molecule has 0 amide bonds. The summed E-state index contributed by atoms with van der Waals surface area (Å²) in [5.41, 5.74) is 0.533. The van der Waals surface area contributed by atoms with Crippen molar-refractivity contribution in [2.24, 2.45) is 0 Å². The van der Waals surface area contributed by atoms with E-state index in [-0.39, 0.29) is 10.6 Å². The minimum Gasteiger partial charge on any atom is -0.508 e. The highest BCUT2D eigenvalue weighted by atomic mass is 127. The lowest BCUT2D eigenvalue weighted by molar-refractivity contribution is 0.475. The van der Waals surface area contributed by atoms with Crippen molar-refractivity contribution in [1.82, 2.24) is 0 Å². The Hall–Kier alpha value is -1.28. The third-order valence-electron chi connectivity index (χ3n) is 2.27. The Labute approximate surface area is 119 Å². The van der Waals surface area contributed by atoms with E-state index in [0.29, 0.717) is 5.69 Å². The summed E-state index contributed by atoms with van der Waals surface area (Å²) in [5, 5.41) is 9.14. The number of hydrogen-bond acceptors (Lipinski definition) is 3. The fourth-order valence-electron chi connectivity index (χ4n) is 1.37. The molecule has 0 heterocycles. The van der Waals surface area contributed by atoms with Gasteiger partial charge in [-0.05, 0) is 59.0 Å². The van der Waals surface area contributed by atoms with Crippen LogP contribution < -0.4 is 4.72 Å². The Balaban J connectivity index is 2.33. The van der Waals surface area contributed by atoms with E-state index < -0.39 is 10.0 Å². The van der Waals surface area contributed by atoms with Crippen LogP contribution in [0.2, 0.25) is 0 Å². The number of anilines is 1. The Morgan fingerprint density at radius 3 is 2.22 bits per heavy atom. The number of halogens is 1. The summed E-state index contributed by atoms with van der Waals surface area (Å²) in [7, 11) is -3.62. The van der Waals surface area contributed by atoms with E-state index in [2.05, 4.69) is 27.3 Å². The lowest BCUT2D eigenvalue weighted by Crippen LogP contribution is -2.13. The molecule has 0 aliphatic rings. The molecule has 0 atom stereocenters. The molecule has 2 rings (SSSR count). The number of rotatable bonds is 3. The van der Waals surface area contributed by atoms with Gasteiger partial charge < -0.3 is 5.11 Å². The zero-order valence-electron chi connectivity index (χ0n) is 9.17. The van der Waals surface area contributed by atoms with E-state index in [9.17, 15) is 8.42 Å². The van der Waals surface area contributed by atoms with Crippen molar-refractivity contribution in [1.29, 1.82) is 0 Å². The van der Waals surface area contributed by atoms with Crippen LogP contribution in [0.1, 0.15) is 0 Å². The van der Waals surface area contributed by atoms with E-state index >= 15 is 0 Å². The summed E-state index contributed by atoms with van der Waals surface area (Å²) in [6, 6.07) is 12.5. The lowest BCUT2D eigenvalue weighted by atomic mass is 10.3. The third-order valence-corrected chi connectivity index (χ3v) is 4.59. The van der Waals surface area contributed by atoms with Crippen LogP contribution >= 0.6 is 22.6 Å². The average Bonchev–Trinajstić information content (AvgIpc) is 2.32. The van der Waals surface area contributed by atoms with E-state index in [1.54, 1.807) is 12.1 Å². The van der Waals surface area contributed by atoms with Crippen LogP contribution in [0.25, 0.3) is 0 Å². The quantitative estimate of drug-likeness (QED) is 0.811. The molecular weight excluding hydrogens is 365 g/mol. The van der Waals surface area contributed by atoms with Crippen LogP contribution in [0.15, 0.2) is 53.4 Å². The fourth-order valence-corrected chi connectivity index (χ4v) is 3.16. The number of para-hydroxylation sites is 1. The van der Waals surface area contributed by atoms with Crippen LogP contribution in [-0.4, -0.2) is 13.5 Å². The first-order valence-corrected chi connectivity index (χ1v) is 7.61. The summed E-state index contributed by atoms with van der Waals surface area (Å²) in [5.74, 6) is 0.0308. The molecule has 2 aromatic rings. The second-order valence-electron chi connectivity index (χ2n) is 3.58. The van der Waals surface area contributed by atoms with Crippen molar-refractivity contribution in [3.8, 4) is 5.75 Å². The van der Waals surface area contributed by atoms with Gasteiger partial charge in [0.2, 0.25) is 0 Å². The maximum Gasteiger partial charge on any atom is 0.261 e. The number of benzene rings is 2. The Bertz CT molecular complexity index is 653. The molecule has 0 radical (unpaired) electrons. The van der Waals surface area contributed by atoms with Crippen molar-refractivity contribution in [3.05, 3.63) is 52.1 Å². The van der Waals surface area contributed by atoms with Gasteiger partial charge >= 0.3 is 0 Å². The third kappa shape index (κ3) is 2.94. The fraction of sp³-hybridized carbons (Fsp3) is 0. The molecule has 0 fully saturated rings. The van der Waals surface area contributed by atoms with Crippen molar-refractivity contribution in [2.45, 2.75) is 4.90 Å². The van der Waals surface area contributed by atoms with Crippen LogP contribution in [0, 0.1) is 3.57 Å². The average molecular weight is 375 g/mol. The standard InChI is InChI=1S/C12H10INO3S/c13-11-3-1-2-4-12(11)14-18(16,17)10-7-5-9(15)6-8-10/h1-8,14-15H. The van der Waals surface area contributed by atoms with Gasteiger partial charge in [0, 0.05) is 3.57 Å². The first-order chi connectivity index (χ1) is 8.49. The van der Waals surface area contributed by atoms with E-state index in [1.165, 1.54) is 24.3 Å². The van der Waals surface area contributed by atoms with E-state index in [1.807, 2.05) is 12.1 Å². The van der Waals surface area contributed by atoms with Gasteiger partial charge in [-0.1, -0.05) is 12.1 Å². The van der Waals surface area contributed by atoms with Gasteiger partial charge in [0.25, 0.3) is 10.0 Å². The Kier molecular flexibility index (Phi) is 3.76. The molecule has 0 unspecified atom stereocenters. The van der Waals surface area contributed by atoms with E-state index in [4.69, 9.17) is 5.11 Å². The highest BCUT2D eigenvalue weighted by Gasteiger charge is 2.14. The predicted octanol–water partition coefficient (Wildman–Crippen LogP) is 2.80. The topological polar surface area (TPSA) is 66.4 Å². The maximum atomic E-state index is 12.1. The lowest BCUT2D eigenvalue weighted by Gasteiger charge is -2.09. The molecule has 2 aromatic carbocycles. The van der Waals surface area contributed by atoms with Gasteiger partial charge in [0.05, 0.1) is 10.6 Å². The Morgan fingerprint density at radius 1 is 1.00 bits per heavy atom. The first kappa shape index (κ1) is 13.2. The molecule has 0 aromatic heterocycles. The van der Waals surface area contributed by atoms with Gasteiger partial charge in [-0.15, -0.1) is 0 Å². The van der Waals surface area contributed by atoms with Gasteiger partial charge in [-0.3, -0.25) is 4.72 Å². The van der Waals surface area contributed by atoms with Crippen molar-refractivity contribution in [2.75, 3.05) is 4.72 Å². The molecule has 0 saturated carbocycles. The minimum absolute atomic E-state index is 0.0308. The molecule has 94 valence electrons. The second kappa shape index (κ2) is 5.15. The maximum absolute atomic E-state index is 12.1. The largest absolute Gasteiger partial charge is 0.508 e. The summed E-state index contributed by atoms with van der Waals surface area (Å²) in [6.45, 7) is 0. The molecule has 0 spiro atoms. The molecule has 18 heavy (non-hydrogen) atoms. The SMILES string of the molecule is O=S(=O)(Nc1ccccc1I)c1ccc(O)cc1. The molecule has 0 bridgehead atoms. The zero-order valence-corrected chi connectivity index (χ0v) is 12.1. The normalized spacial score (nSPS) is 11.2. The molecule has 6 heteroatoms. The van der Waals surface area contributed by atoms with Crippen molar-refractivity contribution < 1.29 is 13.5 Å². The molecule has 4 nitrogen and oxygen atoms in total. The number of phenols is 1. The molecule has 0 saturated heterocycles.